The number of rotatable bonds is 6. The van der Waals surface area contributed by atoms with Crippen LogP contribution in [0.25, 0.3) is 0 Å². The molecule has 2 aromatic rings. The SMILES string of the molecule is COc1ccc(CN2C(=O)COC[C@H]2C(=O)Nc2cc(C)c(Cl)cc2OC)cc1. The van der Waals surface area contributed by atoms with Gasteiger partial charge in [0, 0.05) is 17.6 Å². The summed E-state index contributed by atoms with van der Waals surface area (Å²) in [6, 6.07) is 9.97. The zero-order valence-corrected chi connectivity index (χ0v) is 17.3. The Labute approximate surface area is 174 Å². The molecule has 1 aliphatic rings. The van der Waals surface area contributed by atoms with E-state index in [0.29, 0.717) is 23.0 Å². The minimum absolute atomic E-state index is 0.0523. The van der Waals surface area contributed by atoms with Crippen molar-refractivity contribution in [1.82, 2.24) is 4.90 Å². The van der Waals surface area contributed by atoms with Crippen LogP contribution in [0.3, 0.4) is 0 Å². The second kappa shape index (κ2) is 9.15. The molecule has 0 aromatic heterocycles. The molecule has 2 amide bonds. The van der Waals surface area contributed by atoms with E-state index >= 15 is 0 Å². The summed E-state index contributed by atoms with van der Waals surface area (Å²) in [6.07, 6.45) is 0. The molecule has 1 saturated heterocycles. The number of carbonyl (C=O) groups is 2. The van der Waals surface area contributed by atoms with Gasteiger partial charge in [0.15, 0.2) is 0 Å². The average Bonchev–Trinajstić information content (AvgIpc) is 2.72. The Kier molecular flexibility index (Phi) is 6.61. The van der Waals surface area contributed by atoms with E-state index in [-0.39, 0.29) is 25.0 Å². The first-order valence-electron chi connectivity index (χ1n) is 9.08. The molecule has 154 valence electrons. The fourth-order valence-electron chi connectivity index (χ4n) is 3.09. The molecule has 0 saturated carbocycles. The summed E-state index contributed by atoms with van der Waals surface area (Å²) in [5.74, 6) is 0.568. The van der Waals surface area contributed by atoms with Crippen LogP contribution in [0.5, 0.6) is 11.5 Å². The molecule has 1 aliphatic heterocycles. The maximum atomic E-state index is 13.0. The lowest BCUT2D eigenvalue weighted by Crippen LogP contribution is -2.54. The highest BCUT2D eigenvalue weighted by Gasteiger charge is 2.34. The first-order valence-corrected chi connectivity index (χ1v) is 9.46. The van der Waals surface area contributed by atoms with E-state index in [0.717, 1.165) is 16.9 Å². The third-order valence-corrected chi connectivity index (χ3v) is 5.16. The summed E-state index contributed by atoms with van der Waals surface area (Å²) < 4.78 is 15.8. The van der Waals surface area contributed by atoms with Crippen LogP contribution < -0.4 is 14.8 Å². The van der Waals surface area contributed by atoms with Gasteiger partial charge in [-0.3, -0.25) is 9.59 Å². The monoisotopic (exact) mass is 418 g/mol. The molecule has 1 heterocycles. The van der Waals surface area contributed by atoms with E-state index in [9.17, 15) is 9.59 Å². The maximum Gasteiger partial charge on any atom is 0.249 e. The van der Waals surface area contributed by atoms with Gasteiger partial charge < -0.3 is 24.4 Å². The molecular formula is C21H23ClN2O5. The number of anilines is 1. The molecule has 0 aliphatic carbocycles. The number of halogens is 1. The minimum Gasteiger partial charge on any atom is -0.497 e. The molecule has 2 aromatic carbocycles. The number of carbonyl (C=O) groups excluding carboxylic acids is 2. The van der Waals surface area contributed by atoms with E-state index in [1.807, 2.05) is 31.2 Å². The van der Waals surface area contributed by atoms with Gasteiger partial charge in [-0.2, -0.15) is 0 Å². The summed E-state index contributed by atoms with van der Waals surface area (Å²) >= 11 is 6.13. The van der Waals surface area contributed by atoms with Gasteiger partial charge in [-0.25, -0.2) is 0 Å². The van der Waals surface area contributed by atoms with Gasteiger partial charge in [0.25, 0.3) is 0 Å². The normalized spacial score (nSPS) is 16.5. The van der Waals surface area contributed by atoms with E-state index < -0.39 is 6.04 Å². The topological polar surface area (TPSA) is 77.1 Å². The Hall–Kier alpha value is -2.77. The largest absolute Gasteiger partial charge is 0.497 e. The number of aryl methyl sites for hydroxylation is 1. The number of hydrogen-bond donors (Lipinski definition) is 1. The third kappa shape index (κ3) is 4.81. The molecular weight excluding hydrogens is 396 g/mol. The van der Waals surface area contributed by atoms with Gasteiger partial charge in [-0.15, -0.1) is 0 Å². The summed E-state index contributed by atoms with van der Waals surface area (Å²) in [5.41, 5.74) is 2.18. The van der Waals surface area contributed by atoms with Crippen molar-refractivity contribution >= 4 is 29.1 Å². The second-order valence-corrected chi connectivity index (χ2v) is 7.10. The fraction of sp³-hybridized carbons (Fsp3) is 0.333. The smallest absolute Gasteiger partial charge is 0.249 e. The fourth-order valence-corrected chi connectivity index (χ4v) is 3.25. The first-order chi connectivity index (χ1) is 13.9. The molecule has 0 bridgehead atoms. The number of methoxy groups -OCH3 is 2. The van der Waals surface area contributed by atoms with E-state index in [4.69, 9.17) is 25.8 Å². The van der Waals surface area contributed by atoms with Crippen LogP contribution in [-0.4, -0.2) is 50.2 Å². The van der Waals surface area contributed by atoms with Gasteiger partial charge in [-0.05, 0) is 36.2 Å². The van der Waals surface area contributed by atoms with Gasteiger partial charge in [-0.1, -0.05) is 23.7 Å². The lowest BCUT2D eigenvalue weighted by atomic mass is 10.1. The molecule has 0 spiro atoms. The lowest BCUT2D eigenvalue weighted by molar-refractivity contribution is -0.154. The number of nitrogens with zero attached hydrogens (tertiary/aromatic N) is 1. The van der Waals surface area contributed by atoms with Crippen LogP contribution in [0.4, 0.5) is 5.69 Å². The number of morpholine rings is 1. The Morgan fingerprint density at radius 2 is 1.97 bits per heavy atom. The molecule has 7 nitrogen and oxygen atoms in total. The molecule has 0 radical (unpaired) electrons. The zero-order chi connectivity index (χ0) is 21.0. The van der Waals surface area contributed by atoms with Gasteiger partial charge in [0.1, 0.15) is 24.1 Å². The summed E-state index contributed by atoms with van der Waals surface area (Å²) in [6.45, 7) is 2.19. The predicted octanol–water partition coefficient (Wildman–Crippen LogP) is 3.03. The van der Waals surface area contributed by atoms with Crippen LogP contribution in [0.2, 0.25) is 5.02 Å². The van der Waals surface area contributed by atoms with Crippen molar-refractivity contribution in [3.8, 4) is 11.5 Å². The van der Waals surface area contributed by atoms with E-state index in [2.05, 4.69) is 5.32 Å². The minimum atomic E-state index is -0.765. The van der Waals surface area contributed by atoms with Crippen LogP contribution in [0, 0.1) is 6.92 Å². The van der Waals surface area contributed by atoms with Gasteiger partial charge in [0.2, 0.25) is 11.8 Å². The van der Waals surface area contributed by atoms with Crippen LogP contribution >= 0.6 is 11.6 Å². The molecule has 1 atom stereocenters. The highest BCUT2D eigenvalue weighted by Crippen LogP contribution is 2.31. The van der Waals surface area contributed by atoms with Crippen LogP contribution in [-0.2, 0) is 20.9 Å². The van der Waals surface area contributed by atoms with Crippen LogP contribution in [0.1, 0.15) is 11.1 Å². The average molecular weight is 419 g/mol. The Morgan fingerprint density at radius 1 is 1.24 bits per heavy atom. The molecule has 8 heteroatoms. The van der Waals surface area contributed by atoms with Crippen molar-refractivity contribution in [3.63, 3.8) is 0 Å². The standard InChI is InChI=1S/C21H23ClN2O5/c1-13-8-17(19(28-3)9-16(13)22)23-21(26)18-11-29-12-20(25)24(18)10-14-4-6-15(27-2)7-5-14/h4-9,18H,10-12H2,1-3H3,(H,23,26)/t18-/m0/s1. The van der Waals surface area contributed by atoms with Crippen molar-refractivity contribution in [3.05, 3.63) is 52.5 Å². The van der Waals surface area contributed by atoms with Gasteiger partial charge >= 0.3 is 0 Å². The molecule has 1 N–H and O–H groups in total. The highest BCUT2D eigenvalue weighted by atomic mass is 35.5. The maximum absolute atomic E-state index is 13.0. The summed E-state index contributed by atoms with van der Waals surface area (Å²) in [7, 11) is 3.09. The van der Waals surface area contributed by atoms with E-state index in [1.165, 1.54) is 12.0 Å². The Bertz CT molecular complexity index is 901. The van der Waals surface area contributed by atoms with Crippen molar-refractivity contribution in [2.45, 2.75) is 19.5 Å². The molecule has 0 unspecified atom stereocenters. The molecule has 29 heavy (non-hydrogen) atoms. The predicted molar refractivity (Wildman–Crippen MR) is 110 cm³/mol. The first kappa shape index (κ1) is 21.0. The second-order valence-electron chi connectivity index (χ2n) is 6.69. The lowest BCUT2D eigenvalue weighted by Gasteiger charge is -2.34. The quantitative estimate of drug-likeness (QED) is 0.780. The number of nitrogens with one attached hydrogen (secondary N) is 1. The molecule has 1 fully saturated rings. The molecule has 3 rings (SSSR count). The Balaban J connectivity index is 1.80. The number of benzene rings is 2. The van der Waals surface area contributed by atoms with Crippen molar-refractivity contribution in [2.24, 2.45) is 0 Å². The third-order valence-electron chi connectivity index (χ3n) is 4.75. The summed E-state index contributed by atoms with van der Waals surface area (Å²) in [4.78, 5) is 27.0. The number of hydrogen-bond acceptors (Lipinski definition) is 5. The zero-order valence-electron chi connectivity index (χ0n) is 16.5. The van der Waals surface area contributed by atoms with Crippen molar-refractivity contribution in [1.29, 1.82) is 0 Å². The highest BCUT2D eigenvalue weighted by molar-refractivity contribution is 6.31. The van der Waals surface area contributed by atoms with Crippen molar-refractivity contribution < 1.29 is 23.8 Å². The van der Waals surface area contributed by atoms with Gasteiger partial charge in [0.05, 0.1) is 26.5 Å². The van der Waals surface area contributed by atoms with Crippen LogP contribution in [0.15, 0.2) is 36.4 Å². The number of amides is 2. The summed E-state index contributed by atoms with van der Waals surface area (Å²) in [5, 5.41) is 3.38. The van der Waals surface area contributed by atoms with Crippen molar-refractivity contribution in [2.75, 3.05) is 32.8 Å². The van der Waals surface area contributed by atoms with E-state index in [1.54, 1.807) is 19.2 Å². The Morgan fingerprint density at radius 3 is 2.62 bits per heavy atom. The number of ether oxygens (including phenoxy) is 3.